The molecule has 2 heteroatoms. The van der Waals surface area contributed by atoms with Crippen LogP contribution >= 0.6 is 0 Å². The zero-order chi connectivity index (χ0) is 18.7. The molecule has 1 rings (SSSR count). The summed E-state index contributed by atoms with van der Waals surface area (Å²) in [5.74, 6) is -0.161. The van der Waals surface area contributed by atoms with E-state index >= 15 is 0 Å². The van der Waals surface area contributed by atoms with Crippen LogP contribution in [-0.2, 0) is 6.42 Å². The number of allylic oxidation sites excluding steroid dienone is 7. The third-order valence-electron chi connectivity index (χ3n) is 4.05. The molecular weight excluding hydrogens is 309 g/mol. The largest absolute Gasteiger partial charge is 0.263 e. The molecule has 1 nitrogen and oxygen atoms in total. The molecule has 0 N–H and O–H groups in total. The first-order chi connectivity index (χ1) is 12.0. The lowest BCUT2D eigenvalue weighted by molar-refractivity contribution is 0.614. The Kier molecular flexibility index (Phi) is 9.46. The molecule has 0 heterocycles. The van der Waals surface area contributed by atoms with Crippen LogP contribution in [0.2, 0.25) is 0 Å². The van der Waals surface area contributed by atoms with Crippen LogP contribution in [0, 0.1) is 5.82 Å². The highest BCUT2D eigenvalue weighted by molar-refractivity contribution is 5.87. The summed E-state index contributed by atoms with van der Waals surface area (Å²) in [6, 6.07) is 6.88. The van der Waals surface area contributed by atoms with E-state index < -0.39 is 0 Å². The van der Waals surface area contributed by atoms with Crippen molar-refractivity contribution in [3.8, 4) is 0 Å². The van der Waals surface area contributed by atoms with Crippen molar-refractivity contribution in [3.63, 3.8) is 0 Å². The maximum atomic E-state index is 13.7. The zero-order valence-corrected chi connectivity index (χ0v) is 16.0. The van der Waals surface area contributed by atoms with Gasteiger partial charge in [0.05, 0.1) is 0 Å². The average molecular weight is 339 g/mol. The molecule has 0 aliphatic rings. The van der Waals surface area contributed by atoms with Crippen molar-refractivity contribution in [3.05, 3.63) is 83.4 Å². The number of rotatable bonds is 9. The SMILES string of the molecule is C=C/C(=C\C=C(/C)C/C(CC)=N/C(C)=C\Cc1ccccc1F)CC. The first-order valence-corrected chi connectivity index (χ1v) is 8.95. The van der Waals surface area contributed by atoms with E-state index in [9.17, 15) is 4.39 Å². The highest BCUT2D eigenvalue weighted by Crippen LogP contribution is 2.12. The number of nitrogens with zero attached hydrogens (tertiary/aromatic N) is 1. The molecule has 0 unspecified atom stereocenters. The molecule has 0 fully saturated rings. The monoisotopic (exact) mass is 339 g/mol. The molecule has 25 heavy (non-hydrogen) atoms. The maximum Gasteiger partial charge on any atom is 0.126 e. The molecular formula is C23H30FN. The van der Waals surface area contributed by atoms with Gasteiger partial charge in [0.1, 0.15) is 5.82 Å². The van der Waals surface area contributed by atoms with Gasteiger partial charge in [-0.15, -0.1) is 0 Å². The van der Waals surface area contributed by atoms with E-state index in [-0.39, 0.29) is 5.82 Å². The Morgan fingerprint density at radius 1 is 1.12 bits per heavy atom. The van der Waals surface area contributed by atoms with Crippen LogP contribution in [0.3, 0.4) is 0 Å². The average Bonchev–Trinajstić information content (AvgIpc) is 2.61. The summed E-state index contributed by atoms with van der Waals surface area (Å²) in [5, 5.41) is 0. The normalized spacial score (nSPS) is 14.0. The molecule has 0 aliphatic heterocycles. The van der Waals surface area contributed by atoms with Crippen LogP contribution in [0.4, 0.5) is 4.39 Å². The Hall–Kier alpha value is -2.22. The van der Waals surface area contributed by atoms with Gasteiger partial charge < -0.3 is 0 Å². The lowest BCUT2D eigenvalue weighted by Gasteiger charge is -2.05. The van der Waals surface area contributed by atoms with E-state index in [1.165, 1.54) is 17.2 Å². The van der Waals surface area contributed by atoms with Crippen molar-refractivity contribution < 1.29 is 4.39 Å². The molecule has 0 saturated heterocycles. The van der Waals surface area contributed by atoms with Crippen molar-refractivity contribution in [1.29, 1.82) is 0 Å². The van der Waals surface area contributed by atoms with Gasteiger partial charge in [-0.3, -0.25) is 4.99 Å². The second-order valence-electron chi connectivity index (χ2n) is 6.16. The van der Waals surface area contributed by atoms with Gasteiger partial charge in [0.25, 0.3) is 0 Å². The predicted molar refractivity (Wildman–Crippen MR) is 109 cm³/mol. The smallest absolute Gasteiger partial charge is 0.126 e. The molecule has 134 valence electrons. The Morgan fingerprint density at radius 2 is 1.84 bits per heavy atom. The fourth-order valence-electron chi connectivity index (χ4n) is 2.42. The predicted octanol–water partition coefficient (Wildman–Crippen LogP) is 6.98. The fourth-order valence-corrected chi connectivity index (χ4v) is 2.42. The number of aliphatic imine (C=N–C) groups is 1. The molecule has 0 saturated carbocycles. The molecule has 0 amide bonds. The molecule has 0 spiro atoms. The fraction of sp³-hybridized carbons (Fsp3) is 0.348. The van der Waals surface area contributed by atoms with Crippen LogP contribution in [-0.4, -0.2) is 5.71 Å². The van der Waals surface area contributed by atoms with Gasteiger partial charge in [-0.2, -0.15) is 0 Å². The number of benzene rings is 1. The van der Waals surface area contributed by atoms with Crippen LogP contribution in [0.15, 0.2) is 77.0 Å². The third-order valence-corrected chi connectivity index (χ3v) is 4.05. The van der Waals surface area contributed by atoms with Gasteiger partial charge in [-0.1, -0.05) is 68.5 Å². The summed E-state index contributed by atoms with van der Waals surface area (Å²) in [7, 11) is 0. The minimum absolute atomic E-state index is 0.161. The van der Waals surface area contributed by atoms with E-state index in [1.54, 1.807) is 6.07 Å². The topological polar surface area (TPSA) is 12.4 Å². The summed E-state index contributed by atoms with van der Waals surface area (Å²) in [6.45, 7) is 12.2. The van der Waals surface area contributed by atoms with E-state index in [2.05, 4.69) is 39.5 Å². The van der Waals surface area contributed by atoms with Gasteiger partial charge in [0, 0.05) is 17.8 Å². The van der Waals surface area contributed by atoms with E-state index in [4.69, 9.17) is 4.99 Å². The third kappa shape index (κ3) is 7.93. The maximum absolute atomic E-state index is 13.7. The number of hydrogen-bond acceptors (Lipinski definition) is 1. The molecule has 0 radical (unpaired) electrons. The van der Waals surface area contributed by atoms with Gasteiger partial charge >= 0.3 is 0 Å². The van der Waals surface area contributed by atoms with E-state index in [0.29, 0.717) is 12.0 Å². The number of halogens is 1. The Bertz CT molecular complexity index is 690. The van der Waals surface area contributed by atoms with Crippen molar-refractivity contribution >= 4 is 5.71 Å². The standard InChI is InChI=1S/C23H30FN/c1-6-20(7-2)15-13-18(4)17-22(8-3)25-19(5)14-16-21-11-9-10-12-23(21)24/h6,9-15H,1,7-8,16-17H2,2-5H3/b18-13+,19-14-,20-15+,25-22+. The van der Waals surface area contributed by atoms with Crippen molar-refractivity contribution in [2.45, 2.75) is 53.4 Å². The molecule has 0 aromatic heterocycles. The summed E-state index contributed by atoms with van der Waals surface area (Å²) < 4.78 is 13.7. The first kappa shape index (κ1) is 20.8. The van der Waals surface area contributed by atoms with E-state index in [1.807, 2.05) is 31.2 Å². The minimum Gasteiger partial charge on any atom is -0.263 e. The van der Waals surface area contributed by atoms with Crippen molar-refractivity contribution in [2.75, 3.05) is 0 Å². The molecule has 1 aromatic carbocycles. The summed E-state index contributed by atoms with van der Waals surface area (Å²) in [6.07, 6.45) is 11.5. The van der Waals surface area contributed by atoms with Crippen LogP contribution < -0.4 is 0 Å². The highest BCUT2D eigenvalue weighted by atomic mass is 19.1. The Morgan fingerprint density at radius 3 is 2.44 bits per heavy atom. The van der Waals surface area contributed by atoms with Crippen LogP contribution in [0.5, 0.6) is 0 Å². The Labute approximate surface area is 152 Å². The highest BCUT2D eigenvalue weighted by Gasteiger charge is 2.01. The lowest BCUT2D eigenvalue weighted by atomic mass is 10.1. The summed E-state index contributed by atoms with van der Waals surface area (Å²) in [4.78, 5) is 4.72. The number of hydrogen-bond donors (Lipinski definition) is 0. The summed E-state index contributed by atoms with van der Waals surface area (Å²) in [5.41, 5.74) is 5.28. The van der Waals surface area contributed by atoms with Crippen LogP contribution in [0.1, 0.15) is 52.5 Å². The minimum atomic E-state index is -0.161. The quantitative estimate of drug-likeness (QED) is 0.340. The van der Waals surface area contributed by atoms with Gasteiger partial charge in [0.2, 0.25) is 0 Å². The van der Waals surface area contributed by atoms with Crippen LogP contribution in [0.25, 0.3) is 0 Å². The second-order valence-corrected chi connectivity index (χ2v) is 6.16. The van der Waals surface area contributed by atoms with E-state index in [0.717, 1.165) is 30.7 Å². The van der Waals surface area contributed by atoms with Gasteiger partial charge in [-0.25, -0.2) is 4.39 Å². The Balaban J connectivity index is 2.79. The van der Waals surface area contributed by atoms with Crippen molar-refractivity contribution in [2.24, 2.45) is 4.99 Å². The first-order valence-electron chi connectivity index (χ1n) is 8.95. The molecule has 0 atom stereocenters. The van der Waals surface area contributed by atoms with Gasteiger partial charge in [0.15, 0.2) is 0 Å². The van der Waals surface area contributed by atoms with Gasteiger partial charge in [-0.05, 0) is 50.3 Å². The zero-order valence-electron chi connectivity index (χ0n) is 16.0. The molecule has 0 bridgehead atoms. The summed E-state index contributed by atoms with van der Waals surface area (Å²) >= 11 is 0. The lowest BCUT2D eigenvalue weighted by Crippen LogP contribution is -1.98. The van der Waals surface area contributed by atoms with Crippen molar-refractivity contribution in [1.82, 2.24) is 0 Å². The second kappa shape index (κ2) is 11.4. The molecule has 0 aliphatic carbocycles. The molecule has 1 aromatic rings.